The van der Waals surface area contributed by atoms with Crippen LogP contribution in [-0.2, 0) is 43.6 Å². The highest BCUT2D eigenvalue weighted by atomic mass is 32.2. The van der Waals surface area contributed by atoms with E-state index in [1.165, 1.54) is 64.2 Å². The first kappa shape index (κ1) is 70.4. The van der Waals surface area contributed by atoms with E-state index < -0.39 is 132 Å². The maximum Gasteiger partial charge on any atom is 0.501 e. The maximum atomic E-state index is 11.5. The molecular weight excluding hydrogens is 1010 g/mol. The zero-order valence-electron chi connectivity index (χ0n) is 43.4. The molecule has 0 aliphatic heterocycles. The fourth-order valence-electron chi connectivity index (χ4n) is 8.08. The maximum absolute atomic E-state index is 11.5. The molecule has 0 aromatic carbocycles. The minimum atomic E-state index is -4.58. The molecule has 428 valence electrons. The number of quaternary nitrogens is 1. The van der Waals surface area contributed by atoms with Crippen LogP contribution >= 0.6 is 0 Å². The Balaban J connectivity index is 7.23. The van der Waals surface area contributed by atoms with Gasteiger partial charge in [0.15, 0.2) is 0 Å². The lowest BCUT2D eigenvalue weighted by Crippen LogP contribution is -2.64. The van der Waals surface area contributed by atoms with Gasteiger partial charge in [0.2, 0.25) is 0 Å². The SMILES string of the molecule is CCCCCCCCCC[N+](C)(CCCCCCCCCC)CCC[Si](OCC(CO)(CO)NCCCS(=O)(=O)[O-])(OCC(CO)(CO)NCCCS(=O)(=O)O)OCC(CO)(CO)NCCCS(=O)(=O)O. The number of rotatable bonds is 52. The average molecular weight is 1110 g/mol. The first-order chi connectivity index (χ1) is 33.4. The number of aliphatic hydroxyl groups excluding tert-OH is 6. The molecule has 0 spiro atoms. The van der Waals surface area contributed by atoms with Crippen LogP contribution in [0.4, 0.5) is 0 Å². The van der Waals surface area contributed by atoms with Crippen molar-refractivity contribution in [1.82, 2.24) is 16.0 Å². The minimum Gasteiger partial charge on any atom is -0.748 e. The first-order valence-corrected chi connectivity index (χ1v) is 32.7. The largest absolute Gasteiger partial charge is 0.748 e. The molecule has 0 atom stereocenters. The Hall–Kier alpha value is -0.573. The topological polar surface area (TPSA) is 351 Å². The second-order valence-corrected chi connectivity index (χ2v) is 27.3. The molecule has 0 radical (unpaired) electrons. The van der Waals surface area contributed by atoms with E-state index in [-0.39, 0.29) is 44.9 Å². The number of unbranched alkanes of at least 4 members (excludes halogenated alkanes) is 14. The van der Waals surface area contributed by atoms with Crippen LogP contribution in [-0.4, -0.2) is 222 Å². The Kier molecular flexibility index (Phi) is 37.7. The van der Waals surface area contributed by atoms with Gasteiger partial charge in [-0.3, -0.25) is 9.11 Å². The predicted molar refractivity (Wildman–Crippen MR) is 275 cm³/mol. The minimum absolute atomic E-state index is 0.0302. The van der Waals surface area contributed by atoms with Crippen LogP contribution in [0.2, 0.25) is 6.04 Å². The Labute approximate surface area is 428 Å². The third-order valence-electron chi connectivity index (χ3n) is 13.0. The van der Waals surface area contributed by atoms with Crippen molar-refractivity contribution in [3.63, 3.8) is 0 Å². The van der Waals surface area contributed by atoms with Crippen LogP contribution in [0, 0.1) is 0 Å². The molecule has 22 nitrogen and oxygen atoms in total. The summed E-state index contributed by atoms with van der Waals surface area (Å²) in [6.45, 7) is 0.282. The van der Waals surface area contributed by atoms with Crippen molar-refractivity contribution >= 4 is 39.2 Å². The molecule has 0 aromatic rings. The van der Waals surface area contributed by atoms with Crippen LogP contribution in [0.1, 0.15) is 142 Å². The first-order valence-electron chi connectivity index (χ1n) is 25.9. The predicted octanol–water partition coefficient (Wildman–Crippen LogP) is 1.52. The second kappa shape index (κ2) is 38.1. The second-order valence-electron chi connectivity index (χ2n) is 19.9. The molecule has 0 unspecified atom stereocenters. The summed E-state index contributed by atoms with van der Waals surface area (Å²) < 4.78 is 119. The van der Waals surface area contributed by atoms with E-state index in [0.29, 0.717) is 17.4 Å². The van der Waals surface area contributed by atoms with Gasteiger partial charge in [-0.1, -0.05) is 90.9 Å². The molecule has 26 heteroatoms. The molecule has 0 aliphatic carbocycles. The molecule has 0 aromatic heterocycles. The van der Waals surface area contributed by atoms with E-state index in [4.69, 9.17) is 13.3 Å². The van der Waals surface area contributed by atoms with Gasteiger partial charge in [0.05, 0.1) is 124 Å². The van der Waals surface area contributed by atoms with Crippen molar-refractivity contribution in [2.75, 3.05) is 123 Å². The Morgan fingerprint density at radius 2 is 0.732 bits per heavy atom. The van der Waals surface area contributed by atoms with Gasteiger partial charge < -0.3 is 68.9 Å². The monoisotopic (exact) mass is 1110 g/mol. The van der Waals surface area contributed by atoms with E-state index in [1.54, 1.807) is 0 Å². The Morgan fingerprint density at radius 1 is 0.451 bits per heavy atom. The van der Waals surface area contributed by atoms with Crippen LogP contribution < -0.4 is 16.0 Å². The van der Waals surface area contributed by atoms with Gasteiger partial charge in [-0.2, -0.15) is 16.8 Å². The highest BCUT2D eigenvalue weighted by molar-refractivity contribution is 7.86. The van der Waals surface area contributed by atoms with Crippen molar-refractivity contribution in [3.8, 4) is 0 Å². The summed E-state index contributed by atoms with van der Waals surface area (Å²) in [7, 11) is -15.4. The van der Waals surface area contributed by atoms with E-state index in [0.717, 1.165) is 51.6 Å². The zero-order valence-corrected chi connectivity index (χ0v) is 46.9. The molecule has 71 heavy (non-hydrogen) atoms. The normalized spacial score (nSPS) is 13.7. The Morgan fingerprint density at radius 3 is 1.01 bits per heavy atom. The highest BCUT2D eigenvalue weighted by Crippen LogP contribution is 2.26. The fourth-order valence-corrected chi connectivity index (χ4v) is 12.4. The fraction of sp³-hybridized carbons (Fsp3) is 1.00. The van der Waals surface area contributed by atoms with Gasteiger partial charge in [-0.05, 0) is 64.6 Å². The summed E-state index contributed by atoms with van der Waals surface area (Å²) >= 11 is 0. The molecule has 0 saturated heterocycles. The summed E-state index contributed by atoms with van der Waals surface area (Å²) in [6.07, 6.45) is 18.4. The van der Waals surface area contributed by atoms with E-state index >= 15 is 0 Å². The smallest absolute Gasteiger partial charge is 0.501 e. The van der Waals surface area contributed by atoms with E-state index in [9.17, 15) is 69.6 Å². The lowest BCUT2D eigenvalue weighted by Gasteiger charge is -2.41. The summed E-state index contributed by atoms with van der Waals surface area (Å²) in [6, 6.07) is 0.0302. The van der Waals surface area contributed by atoms with Crippen molar-refractivity contribution in [1.29, 1.82) is 0 Å². The molecule has 11 N–H and O–H groups in total. The molecule has 0 rings (SSSR count). The van der Waals surface area contributed by atoms with Crippen LogP contribution in [0.25, 0.3) is 0 Å². The standard InChI is InChI=1S/C45H98N4O18S3Si/c1-4-6-8-10-12-14-16-18-27-49(3,28-19-17-15-13-11-9-7-5-2)29-23-33-71(65-40-43(34-50,35-51)46-24-20-30-68(56,57)58,66-41-44(36-52,37-53)47-25-21-31-69(59,60)61)67-42-45(38-54,39-55)48-26-22-32-70(62,63)64/h46-48,50-55H,4-42H2,1-3H3,(H2-,56,57,58,59,60,61,62,63,64). The van der Waals surface area contributed by atoms with Gasteiger partial charge in [0.1, 0.15) is 0 Å². The third kappa shape index (κ3) is 34.7. The molecule has 0 fully saturated rings. The van der Waals surface area contributed by atoms with Crippen molar-refractivity contribution in [2.45, 2.75) is 165 Å². The quantitative estimate of drug-likeness (QED) is 0.0178. The lowest BCUT2D eigenvalue weighted by atomic mass is 10.0. The van der Waals surface area contributed by atoms with Crippen LogP contribution in [0.3, 0.4) is 0 Å². The number of hydrogen-bond acceptors (Lipinski definition) is 19. The van der Waals surface area contributed by atoms with Gasteiger partial charge >= 0.3 is 8.80 Å². The van der Waals surface area contributed by atoms with Crippen molar-refractivity contribution < 1.29 is 87.3 Å². The molecule has 0 amide bonds. The number of nitrogens with one attached hydrogen (secondary N) is 3. The molecule has 0 aliphatic rings. The summed E-state index contributed by atoms with van der Waals surface area (Å²) in [5.74, 6) is -1.96. The van der Waals surface area contributed by atoms with Crippen molar-refractivity contribution in [3.05, 3.63) is 0 Å². The molecule has 0 heterocycles. The van der Waals surface area contributed by atoms with Gasteiger partial charge in [-0.25, -0.2) is 8.42 Å². The molecule has 0 bridgehead atoms. The molecular formula is C45H98N4O18S3Si. The average Bonchev–Trinajstić information content (AvgIpc) is 3.32. The van der Waals surface area contributed by atoms with Gasteiger partial charge in [-0.15, -0.1) is 0 Å². The van der Waals surface area contributed by atoms with Crippen LogP contribution in [0.5, 0.6) is 0 Å². The van der Waals surface area contributed by atoms with Crippen molar-refractivity contribution in [2.24, 2.45) is 0 Å². The highest BCUT2D eigenvalue weighted by Gasteiger charge is 2.48. The number of aliphatic hydroxyl groups is 6. The molecule has 0 saturated carbocycles. The van der Waals surface area contributed by atoms with Gasteiger partial charge in [0.25, 0.3) is 20.2 Å². The lowest BCUT2D eigenvalue weighted by molar-refractivity contribution is -0.910. The number of nitrogens with zero attached hydrogens (tertiary/aromatic N) is 1. The number of hydrogen-bond donors (Lipinski definition) is 11. The van der Waals surface area contributed by atoms with Gasteiger partial charge in [0, 0.05) is 18.2 Å². The summed E-state index contributed by atoms with van der Waals surface area (Å²) in [4.78, 5) is 0. The summed E-state index contributed by atoms with van der Waals surface area (Å²) in [5.41, 5.74) is -4.99. The van der Waals surface area contributed by atoms with E-state index in [1.807, 2.05) is 0 Å². The van der Waals surface area contributed by atoms with E-state index in [2.05, 4.69) is 36.8 Å². The van der Waals surface area contributed by atoms with Crippen LogP contribution in [0.15, 0.2) is 0 Å². The summed E-state index contributed by atoms with van der Waals surface area (Å²) in [5, 5.41) is 72.7. The third-order valence-corrected chi connectivity index (χ3v) is 18.2. The Bertz CT molecular complexity index is 1490. The zero-order chi connectivity index (χ0) is 53.8.